The van der Waals surface area contributed by atoms with Crippen LogP contribution in [-0.2, 0) is 7.05 Å². The Balaban J connectivity index is 2.22. The molecule has 2 aromatic heterocycles. The van der Waals surface area contributed by atoms with Gasteiger partial charge in [-0.2, -0.15) is 5.26 Å². The highest BCUT2D eigenvalue weighted by atomic mass is 16.3. The van der Waals surface area contributed by atoms with E-state index in [2.05, 4.69) is 43.5 Å². The fourth-order valence-corrected chi connectivity index (χ4v) is 3.74. The maximum absolute atomic E-state index is 9.31. The van der Waals surface area contributed by atoms with Crippen LogP contribution in [0.1, 0.15) is 36.5 Å². The summed E-state index contributed by atoms with van der Waals surface area (Å²) < 4.78 is 8.46. The highest BCUT2D eigenvalue weighted by Gasteiger charge is 2.23. The summed E-state index contributed by atoms with van der Waals surface area (Å²) in [6.45, 7) is 6.54. The number of hydrogen-bond acceptors (Lipinski definition) is 2. The summed E-state index contributed by atoms with van der Waals surface area (Å²) in [4.78, 5) is 0. The lowest BCUT2D eigenvalue weighted by Gasteiger charge is -2.12. The van der Waals surface area contributed by atoms with Crippen LogP contribution in [0.25, 0.3) is 33.2 Å². The molecule has 0 saturated heterocycles. The van der Waals surface area contributed by atoms with Crippen LogP contribution >= 0.6 is 0 Å². The summed E-state index contributed by atoms with van der Waals surface area (Å²) in [5.74, 6) is 0.362. The molecule has 0 radical (unpaired) electrons. The standard InChI is InChI=1S/C23H21N2O/c1-14(2)17-11-15(3)21(19-7-5-6-10-25(19)4)23-22(17)18-12-16(13-24)8-9-20(18)26-23/h5-12,14H,1-4H3/q+1. The van der Waals surface area contributed by atoms with Crippen molar-refractivity contribution in [2.45, 2.75) is 26.7 Å². The third-order valence-corrected chi connectivity index (χ3v) is 5.03. The van der Waals surface area contributed by atoms with Gasteiger partial charge in [-0.1, -0.05) is 19.9 Å². The fraction of sp³-hybridized carbons (Fsp3) is 0.217. The van der Waals surface area contributed by atoms with Crippen LogP contribution in [0.5, 0.6) is 0 Å². The van der Waals surface area contributed by atoms with Crippen LogP contribution in [0.3, 0.4) is 0 Å². The molecule has 0 amide bonds. The maximum Gasteiger partial charge on any atom is 0.216 e. The Bertz CT molecular complexity index is 1190. The van der Waals surface area contributed by atoms with Gasteiger partial charge in [0.15, 0.2) is 6.20 Å². The SMILES string of the molecule is Cc1cc(C(C)C)c2c(oc3ccc(C#N)cc32)c1-c1cccc[n+]1C. The summed E-state index contributed by atoms with van der Waals surface area (Å²) in [6, 6.07) is 16.4. The van der Waals surface area contributed by atoms with Crippen LogP contribution in [0.2, 0.25) is 0 Å². The van der Waals surface area contributed by atoms with Gasteiger partial charge < -0.3 is 4.42 Å². The third kappa shape index (κ3) is 2.38. The molecule has 0 atom stereocenters. The van der Waals surface area contributed by atoms with E-state index in [1.54, 1.807) is 0 Å². The number of furan rings is 1. The largest absolute Gasteiger partial charge is 0.455 e. The molecule has 0 aliphatic heterocycles. The van der Waals surface area contributed by atoms with E-state index in [0.29, 0.717) is 11.5 Å². The van der Waals surface area contributed by atoms with Crippen LogP contribution < -0.4 is 4.57 Å². The van der Waals surface area contributed by atoms with Crippen molar-refractivity contribution in [1.82, 2.24) is 0 Å². The van der Waals surface area contributed by atoms with Crippen molar-refractivity contribution >= 4 is 21.9 Å². The minimum absolute atomic E-state index is 0.362. The zero-order valence-corrected chi connectivity index (χ0v) is 15.5. The topological polar surface area (TPSA) is 40.8 Å². The normalized spacial score (nSPS) is 11.4. The number of fused-ring (bicyclic) bond motifs is 3. The van der Waals surface area contributed by atoms with Crippen molar-refractivity contribution in [2.24, 2.45) is 7.05 Å². The lowest BCUT2D eigenvalue weighted by Crippen LogP contribution is -2.30. The smallest absolute Gasteiger partial charge is 0.216 e. The summed E-state index contributed by atoms with van der Waals surface area (Å²) in [5.41, 5.74) is 7.07. The van der Waals surface area contributed by atoms with Crippen LogP contribution in [-0.4, -0.2) is 0 Å². The Morgan fingerprint density at radius 3 is 2.62 bits per heavy atom. The number of benzene rings is 2. The molecule has 0 spiro atoms. The van der Waals surface area contributed by atoms with Gasteiger partial charge in [-0.05, 0) is 48.2 Å². The van der Waals surface area contributed by atoms with Crippen molar-refractivity contribution in [1.29, 1.82) is 5.26 Å². The molecular weight excluding hydrogens is 320 g/mol. The second kappa shape index (κ2) is 6.00. The highest BCUT2D eigenvalue weighted by Crippen LogP contribution is 2.41. The molecule has 0 saturated carbocycles. The Kier molecular flexibility index (Phi) is 3.77. The van der Waals surface area contributed by atoms with E-state index in [1.807, 2.05) is 43.6 Å². The van der Waals surface area contributed by atoms with Gasteiger partial charge in [-0.25, -0.2) is 4.57 Å². The minimum atomic E-state index is 0.362. The number of nitrogens with zero attached hydrogens (tertiary/aromatic N) is 2. The van der Waals surface area contributed by atoms with E-state index >= 15 is 0 Å². The summed E-state index contributed by atoms with van der Waals surface area (Å²) >= 11 is 0. The zero-order chi connectivity index (χ0) is 18.4. The molecule has 2 heterocycles. The Labute approximate surface area is 153 Å². The molecule has 0 bridgehead atoms. The second-order valence-corrected chi connectivity index (χ2v) is 7.14. The van der Waals surface area contributed by atoms with E-state index in [0.717, 1.165) is 33.2 Å². The maximum atomic E-state index is 9.31. The van der Waals surface area contributed by atoms with Gasteiger partial charge in [0.2, 0.25) is 5.69 Å². The molecule has 3 nitrogen and oxygen atoms in total. The van der Waals surface area contributed by atoms with Gasteiger partial charge in [0, 0.05) is 22.9 Å². The van der Waals surface area contributed by atoms with Gasteiger partial charge in [0.1, 0.15) is 18.2 Å². The number of hydrogen-bond donors (Lipinski definition) is 0. The van der Waals surface area contributed by atoms with Gasteiger partial charge >= 0.3 is 0 Å². The molecular formula is C23H21N2O+. The van der Waals surface area contributed by atoms with Gasteiger partial charge in [0.05, 0.1) is 17.2 Å². The van der Waals surface area contributed by atoms with Crippen LogP contribution in [0.15, 0.2) is 53.1 Å². The van der Waals surface area contributed by atoms with Crippen molar-refractivity contribution in [2.75, 3.05) is 0 Å². The zero-order valence-electron chi connectivity index (χ0n) is 15.5. The predicted octanol–water partition coefficient (Wildman–Crippen LogP) is 5.38. The first-order chi connectivity index (χ1) is 12.5. The number of pyridine rings is 1. The fourth-order valence-electron chi connectivity index (χ4n) is 3.74. The molecule has 0 aliphatic carbocycles. The molecule has 128 valence electrons. The number of aryl methyl sites for hydroxylation is 2. The molecule has 0 aliphatic rings. The Hall–Kier alpha value is -3.12. The van der Waals surface area contributed by atoms with E-state index in [1.165, 1.54) is 11.1 Å². The summed E-state index contributed by atoms with van der Waals surface area (Å²) in [6.07, 6.45) is 2.05. The van der Waals surface area contributed by atoms with E-state index < -0.39 is 0 Å². The lowest BCUT2D eigenvalue weighted by atomic mass is 9.91. The lowest BCUT2D eigenvalue weighted by molar-refractivity contribution is -0.660. The number of nitriles is 1. The average Bonchev–Trinajstić information content (AvgIpc) is 3.00. The summed E-state index contributed by atoms with van der Waals surface area (Å²) in [5, 5.41) is 11.5. The molecule has 26 heavy (non-hydrogen) atoms. The quantitative estimate of drug-likeness (QED) is 0.459. The van der Waals surface area contributed by atoms with Crippen molar-refractivity contribution in [3.05, 3.63) is 65.4 Å². The summed E-state index contributed by atoms with van der Waals surface area (Å²) in [7, 11) is 2.05. The van der Waals surface area contributed by atoms with Crippen molar-refractivity contribution in [3.8, 4) is 17.3 Å². The number of aromatic nitrogens is 1. The minimum Gasteiger partial charge on any atom is -0.455 e. The van der Waals surface area contributed by atoms with Crippen LogP contribution in [0.4, 0.5) is 0 Å². The van der Waals surface area contributed by atoms with E-state index in [9.17, 15) is 5.26 Å². The first kappa shape index (κ1) is 16.4. The molecule has 0 unspecified atom stereocenters. The average molecular weight is 341 g/mol. The van der Waals surface area contributed by atoms with Crippen molar-refractivity contribution < 1.29 is 8.98 Å². The Morgan fingerprint density at radius 1 is 1.12 bits per heavy atom. The molecule has 4 rings (SSSR count). The monoisotopic (exact) mass is 341 g/mol. The highest BCUT2D eigenvalue weighted by molar-refractivity contribution is 6.12. The molecule has 4 aromatic rings. The Morgan fingerprint density at radius 2 is 1.92 bits per heavy atom. The molecule has 0 fully saturated rings. The third-order valence-electron chi connectivity index (χ3n) is 5.03. The predicted molar refractivity (Wildman–Crippen MR) is 104 cm³/mol. The van der Waals surface area contributed by atoms with E-state index in [4.69, 9.17) is 4.42 Å². The van der Waals surface area contributed by atoms with Crippen molar-refractivity contribution in [3.63, 3.8) is 0 Å². The van der Waals surface area contributed by atoms with Crippen LogP contribution in [0, 0.1) is 18.3 Å². The molecule has 3 heteroatoms. The first-order valence-electron chi connectivity index (χ1n) is 8.86. The van der Waals surface area contributed by atoms with Gasteiger partial charge in [-0.3, -0.25) is 0 Å². The number of rotatable bonds is 2. The van der Waals surface area contributed by atoms with E-state index in [-0.39, 0.29) is 0 Å². The van der Waals surface area contributed by atoms with Gasteiger partial charge in [0.25, 0.3) is 0 Å². The second-order valence-electron chi connectivity index (χ2n) is 7.14. The molecule has 0 N–H and O–H groups in total. The first-order valence-corrected chi connectivity index (χ1v) is 8.86. The molecule has 2 aromatic carbocycles. The van der Waals surface area contributed by atoms with Gasteiger partial charge in [-0.15, -0.1) is 0 Å².